The highest BCUT2D eigenvalue weighted by atomic mass is 32.1. The molecule has 1 N–H and O–H groups in total. The van der Waals surface area contributed by atoms with Crippen LogP contribution in [-0.4, -0.2) is 4.37 Å². The standard InChI is InChI=1S/C9H5F4NS/c10-7-2-5(8-4-15-14-8)1-6(3-7)9(11,12)13/h1-4,14H. The Labute approximate surface area is 86.5 Å². The van der Waals surface area contributed by atoms with Crippen molar-refractivity contribution in [1.82, 2.24) is 4.37 Å². The van der Waals surface area contributed by atoms with Crippen LogP contribution in [0.1, 0.15) is 5.56 Å². The molecule has 6 heteroatoms. The highest BCUT2D eigenvalue weighted by molar-refractivity contribution is 7.05. The minimum atomic E-state index is -4.52. The Morgan fingerprint density at radius 2 is 1.80 bits per heavy atom. The molecule has 1 heterocycles. The molecule has 0 spiro atoms. The van der Waals surface area contributed by atoms with Gasteiger partial charge in [0.2, 0.25) is 0 Å². The van der Waals surface area contributed by atoms with Gasteiger partial charge in [0.15, 0.2) is 0 Å². The molecule has 0 radical (unpaired) electrons. The van der Waals surface area contributed by atoms with Gasteiger partial charge in [0.25, 0.3) is 0 Å². The monoisotopic (exact) mass is 235 g/mol. The molecule has 1 aromatic carbocycles. The maximum Gasteiger partial charge on any atom is 0.416 e. The third-order valence-electron chi connectivity index (χ3n) is 1.88. The minimum absolute atomic E-state index is 0.209. The summed E-state index contributed by atoms with van der Waals surface area (Å²) in [6, 6.07) is 2.46. The highest BCUT2D eigenvalue weighted by Gasteiger charge is 2.31. The Morgan fingerprint density at radius 3 is 2.27 bits per heavy atom. The van der Waals surface area contributed by atoms with Gasteiger partial charge in [0, 0.05) is 10.9 Å². The SMILES string of the molecule is Fc1cc(-c2cs[nH]2)cc(C(F)(F)F)c1. The smallest absolute Gasteiger partial charge is 0.310 e. The summed E-state index contributed by atoms with van der Waals surface area (Å²) in [6.07, 6.45) is -4.52. The van der Waals surface area contributed by atoms with E-state index in [2.05, 4.69) is 4.37 Å². The van der Waals surface area contributed by atoms with E-state index >= 15 is 0 Å². The highest BCUT2D eigenvalue weighted by Crippen LogP contribution is 2.33. The molecule has 0 aliphatic carbocycles. The summed E-state index contributed by atoms with van der Waals surface area (Å²) < 4.78 is 52.6. The van der Waals surface area contributed by atoms with Gasteiger partial charge in [-0.25, -0.2) is 4.39 Å². The van der Waals surface area contributed by atoms with Crippen molar-refractivity contribution in [2.75, 3.05) is 0 Å². The van der Waals surface area contributed by atoms with Crippen LogP contribution in [0.2, 0.25) is 0 Å². The fourth-order valence-corrected chi connectivity index (χ4v) is 1.64. The second-order valence-electron chi connectivity index (χ2n) is 2.98. The van der Waals surface area contributed by atoms with Crippen molar-refractivity contribution in [3.63, 3.8) is 0 Å². The van der Waals surface area contributed by atoms with E-state index in [0.717, 1.165) is 12.1 Å². The summed E-state index contributed by atoms with van der Waals surface area (Å²) >= 11 is 1.24. The fourth-order valence-electron chi connectivity index (χ4n) is 1.15. The van der Waals surface area contributed by atoms with Crippen molar-refractivity contribution in [3.05, 3.63) is 35.0 Å². The van der Waals surface area contributed by atoms with E-state index in [1.165, 1.54) is 11.5 Å². The first kappa shape index (κ1) is 10.2. The van der Waals surface area contributed by atoms with E-state index < -0.39 is 17.6 Å². The van der Waals surface area contributed by atoms with Crippen molar-refractivity contribution in [2.24, 2.45) is 0 Å². The number of halogens is 4. The van der Waals surface area contributed by atoms with Crippen LogP contribution >= 0.6 is 11.5 Å². The normalized spacial score (nSPS) is 12.0. The molecule has 2 rings (SSSR count). The largest absolute Gasteiger partial charge is 0.416 e. The first-order valence-corrected chi connectivity index (χ1v) is 4.85. The second-order valence-corrected chi connectivity index (χ2v) is 3.65. The fraction of sp³-hybridized carbons (Fsp3) is 0.111. The number of benzene rings is 1. The van der Waals surface area contributed by atoms with Gasteiger partial charge in [0.1, 0.15) is 5.82 Å². The molecule has 0 saturated carbocycles. The van der Waals surface area contributed by atoms with Crippen LogP contribution < -0.4 is 0 Å². The first-order chi connectivity index (χ1) is 6.97. The molecular formula is C9H5F4NS. The third kappa shape index (κ3) is 2.04. The maximum atomic E-state index is 12.9. The van der Waals surface area contributed by atoms with Crippen molar-refractivity contribution in [3.8, 4) is 11.3 Å². The molecule has 0 aliphatic heterocycles. The lowest BCUT2D eigenvalue weighted by molar-refractivity contribution is -0.137. The Hall–Kier alpha value is -1.30. The average Bonchev–Trinajstić information content (AvgIpc) is 1.97. The summed E-state index contributed by atoms with van der Waals surface area (Å²) in [5, 5.41) is 1.62. The van der Waals surface area contributed by atoms with Crippen LogP contribution in [0, 0.1) is 5.82 Å². The number of nitrogens with one attached hydrogen (secondary N) is 1. The van der Waals surface area contributed by atoms with E-state index in [-0.39, 0.29) is 5.56 Å². The van der Waals surface area contributed by atoms with Crippen LogP contribution in [0.25, 0.3) is 11.3 Å². The molecule has 0 atom stereocenters. The maximum absolute atomic E-state index is 12.9. The van der Waals surface area contributed by atoms with E-state index in [1.807, 2.05) is 0 Å². The zero-order chi connectivity index (χ0) is 11.1. The summed E-state index contributed by atoms with van der Waals surface area (Å²) in [6.45, 7) is 0. The van der Waals surface area contributed by atoms with Crippen LogP contribution in [0.15, 0.2) is 23.6 Å². The van der Waals surface area contributed by atoms with Gasteiger partial charge < -0.3 is 4.37 Å². The van der Waals surface area contributed by atoms with Gasteiger partial charge in [-0.1, -0.05) is 11.5 Å². The molecule has 15 heavy (non-hydrogen) atoms. The van der Waals surface area contributed by atoms with Crippen molar-refractivity contribution < 1.29 is 17.6 Å². The Balaban J connectivity index is 2.49. The van der Waals surface area contributed by atoms with Crippen molar-refractivity contribution in [2.45, 2.75) is 6.18 Å². The molecule has 1 nitrogen and oxygen atoms in total. The number of aromatic amines is 1. The Morgan fingerprint density at radius 1 is 1.13 bits per heavy atom. The van der Waals surface area contributed by atoms with Gasteiger partial charge in [-0.15, -0.1) is 0 Å². The van der Waals surface area contributed by atoms with E-state index in [0.29, 0.717) is 11.8 Å². The summed E-state index contributed by atoms with van der Waals surface area (Å²) in [5.74, 6) is -0.889. The number of H-pyrrole nitrogens is 1. The van der Waals surface area contributed by atoms with E-state index in [1.54, 1.807) is 5.38 Å². The number of aromatic nitrogens is 1. The Bertz CT molecular complexity index is 459. The molecular weight excluding hydrogens is 230 g/mol. The number of hydrogen-bond acceptors (Lipinski definition) is 1. The van der Waals surface area contributed by atoms with E-state index in [9.17, 15) is 17.6 Å². The molecule has 0 bridgehead atoms. The zero-order valence-corrected chi connectivity index (χ0v) is 8.05. The molecule has 2 aromatic rings. The predicted molar refractivity (Wildman–Crippen MR) is 49.1 cm³/mol. The van der Waals surface area contributed by atoms with Crippen LogP contribution in [0.4, 0.5) is 17.6 Å². The lowest BCUT2D eigenvalue weighted by Gasteiger charge is -2.10. The molecule has 0 fully saturated rings. The van der Waals surface area contributed by atoms with Gasteiger partial charge in [0.05, 0.1) is 11.3 Å². The average molecular weight is 235 g/mol. The summed E-state index contributed by atoms with van der Waals surface area (Å²) in [7, 11) is 0. The van der Waals surface area contributed by atoms with Gasteiger partial charge in [-0.2, -0.15) is 13.2 Å². The molecule has 0 amide bonds. The van der Waals surface area contributed by atoms with Crippen LogP contribution in [-0.2, 0) is 6.18 Å². The molecule has 80 valence electrons. The molecule has 0 unspecified atom stereocenters. The number of rotatable bonds is 1. The second kappa shape index (κ2) is 3.37. The van der Waals surface area contributed by atoms with Gasteiger partial charge in [-0.3, -0.25) is 0 Å². The third-order valence-corrected chi connectivity index (χ3v) is 2.57. The number of alkyl halides is 3. The summed E-state index contributed by atoms with van der Waals surface area (Å²) in [5.41, 5.74) is -0.261. The number of hydrogen-bond donors (Lipinski definition) is 1. The topological polar surface area (TPSA) is 15.8 Å². The lowest BCUT2D eigenvalue weighted by atomic mass is 10.1. The zero-order valence-electron chi connectivity index (χ0n) is 7.23. The minimum Gasteiger partial charge on any atom is -0.310 e. The van der Waals surface area contributed by atoms with Crippen molar-refractivity contribution in [1.29, 1.82) is 0 Å². The first-order valence-electron chi connectivity index (χ1n) is 3.97. The molecule has 1 aromatic heterocycles. The molecule has 0 saturated heterocycles. The Kier molecular flexibility index (Phi) is 2.30. The van der Waals surface area contributed by atoms with Gasteiger partial charge in [-0.05, 0) is 18.2 Å². The summed E-state index contributed by atoms with van der Waals surface area (Å²) in [4.78, 5) is 0. The lowest BCUT2D eigenvalue weighted by Crippen LogP contribution is -2.05. The van der Waals surface area contributed by atoms with Gasteiger partial charge >= 0.3 is 6.18 Å². The van der Waals surface area contributed by atoms with E-state index in [4.69, 9.17) is 0 Å². The quantitative estimate of drug-likeness (QED) is 0.721. The van der Waals surface area contributed by atoms with Crippen LogP contribution in [0.3, 0.4) is 0 Å². The molecule has 0 aliphatic rings. The predicted octanol–water partition coefficient (Wildman–Crippen LogP) is 3.90. The van der Waals surface area contributed by atoms with Crippen LogP contribution in [0.5, 0.6) is 0 Å². The van der Waals surface area contributed by atoms with Crippen molar-refractivity contribution >= 4 is 11.5 Å².